The molecular formula is C18H27N3O3+2. The number of piperazine rings is 1. The number of carbonyl (C=O) groups excluding carboxylic acids is 2. The zero-order chi connectivity index (χ0) is 17.1. The fourth-order valence-corrected chi connectivity index (χ4v) is 3.73. The SMILES string of the molecule is CCOc1cccc(N2C(=O)C[C@H]([NH+]3CC[NH+](CC)CC3)C2=O)c1. The van der Waals surface area contributed by atoms with E-state index in [1.807, 2.05) is 19.1 Å². The van der Waals surface area contributed by atoms with Crippen molar-refractivity contribution in [3.05, 3.63) is 24.3 Å². The number of likely N-dealkylation sites (N-methyl/N-ethyl adjacent to an activating group) is 1. The maximum atomic E-state index is 12.9. The van der Waals surface area contributed by atoms with E-state index in [9.17, 15) is 9.59 Å². The average molecular weight is 333 g/mol. The second kappa shape index (κ2) is 7.32. The minimum atomic E-state index is -0.230. The lowest BCUT2D eigenvalue weighted by molar-refractivity contribution is -1.02. The maximum Gasteiger partial charge on any atom is 0.292 e. The van der Waals surface area contributed by atoms with Gasteiger partial charge < -0.3 is 14.5 Å². The van der Waals surface area contributed by atoms with Gasteiger partial charge in [0.25, 0.3) is 5.91 Å². The van der Waals surface area contributed by atoms with Crippen molar-refractivity contribution in [3.63, 3.8) is 0 Å². The largest absolute Gasteiger partial charge is 0.494 e. The van der Waals surface area contributed by atoms with E-state index >= 15 is 0 Å². The highest BCUT2D eigenvalue weighted by molar-refractivity contribution is 6.21. The van der Waals surface area contributed by atoms with Crippen LogP contribution in [-0.4, -0.2) is 57.2 Å². The number of carbonyl (C=O) groups is 2. The predicted molar refractivity (Wildman–Crippen MR) is 90.4 cm³/mol. The summed E-state index contributed by atoms with van der Waals surface area (Å²) < 4.78 is 5.49. The Hall–Kier alpha value is -1.92. The molecule has 3 rings (SSSR count). The summed E-state index contributed by atoms with van der Waals surface area (Å²) in [7, 11) is 0. The topological polar surface area (TPSA) is 55.5 Å². The van der Waals surface area contributed by atoms with E-state index in [4.69, 9.17) is 4.74 Å². The summed E-state index contributed by atoms with van der Waals surface area (Å²) in [5, 5.41) is 0. The third-order valence-electron chi connectivity index (χ3n) is 5.13. The number of benzene rings is 1. The van der Waals surface area contributed by atoms with Crippen LogP contribution in [0.1, 0.15) is 20.3 Å². The van der Waals surface area contributed by atoms with Crippen molar-refractivity contribution in [2.45, 2.75) is 26.3 Å². The number of quaternary nitrogens is 2. The highest BCUT2D eigenvalue weighted by atomic mass is 16.5. The number of nitrogens with one attached hydrogen (secondary N) is 2. The Balaban J connectivity index is 1.73. The Bertz CT molecular complexity index is 611. The number of nitrogens with zero attached hydrogens (tertiary/aromatic N) is 1. The van der Waals surface area contributed by atoms with Crippen molar-refractivity contribution in [2.24, 2.45) is 0 Å². The molecule has 130 valence electrons. The number of hydrogen-bond acceptors (Lipinski definition) is 3. The molecule has 6 heteroatoms. The fourth-order valence-electron chi connectivity index (χ4n) is 3.73. The molecule has 2 aliphatic rings. The van der Waals surface area contributed by atoms with Crippen LogP contribution >= 0.6 is 0 Å². The third kappa shape index (κ3) is 3.30. The van der Waals surface area contributed by atoms with Gasteiger partial charge in [-0.05, 0) is 26.0 Å². The van der Waals surface area contributed by atoms with E-state index in [2.05, 4.69) is 6.92 Å². The van der Waals surface area contributed by atoms with Crippen molar-refractivity contribution in [3.8, 4) is 5.75 Å². The van der Waals surface area contributed by atoms with Gasteiger partial charge in [-0.25, -0.2) is 4.90 Å². The van der Waals surface area contributed by atoms with Gasteiger partial charge in [-0.1, -0.05) is 6.07 Å². The van der Waals surface area contributed by atoms with Crippen LogP contribution in [0.5, 0.6) is 5.75 Å². The van der Waals surface area contributed by atoms with Gasteiger partial charge in [0.1, 0.15) is 31.9 Å². The van der Waals surface area contributed by atoms with Crippen LogP contribution in [0.25, 0.3) is 0 Å². The first kappa shape index (κ1) is 16.9. The van der Waals surface area contributed by atoms with E-state index in [1.165, 1.54) is 9.80 Å². The molecule has 1 aromatic rings. The lowest BCUT2D eigenvalue weighted by atomic mass is 10.1. The monoisotopic (exact) mass is 333 g/mol. The molecular weight excluding hydrogens is 306 g/mol. The lowest BCUT2D eigenvalue weighted by Gasteiger charge is -2.31. The first-order valence-electron chi connectivity index (χ1n) is 8.91. The molecule has 0 radical (unpaired) electrons. The smallest absolute Gasteiger partial charge is 0.292 e. The van der Waals surface area contributed by atoms with Gasteiger partial charge in [-0.3, -0.25) is 9.59 Å². The van der Waals surface area contributed by atoms with E-state index < -0.39 is 0 Å². The minimum absolute atomic E-state index is 0.0661. The van der Waals surface area contributed by atoms with Crippen LogP contribution in [0.4, 0.5) is 5.69 Å². The Morgan fingerprint density at radius 1 is 1.17 bits per heavy atom. The van der Waals surface area contributed by atoms with Gasteiger partial charge in [0.15, 0.2) is 6.04 Å². The number of imide groups is 1. The van der Waals surface area contributed by atoms with Crippen molar-refractivity contribution < 1.29 is 24.1 Å². The molecule has 2 heterocycles. The normalized spacial score (nSPS) is 27.6. The van der Waals surface area contributed by atoms with Gasteiger partial charge in [-0.15, -0.1) is 0 Å². The summed E-state index contributed by atoms with van der Waals surface area (Å²) in [6.07, 6.45) is 0.314. The summed E-state index contributed by atoms with van der Waals surface area (Å²) in [4.78, 5) is 29.5. The standard InChI is InChI=1S/C18H25N3O3/c1-3-19-8-10-20(11-9-19)16-13-17(22)21(18(16)23)14-6-5-7-15(12-14)24-4-2/h5-7,12,16H,3-4,8-11,13H2,1-2H3/p+2/t16-/m0/s1. The molecule has 2 N–H and O–H groups in total. The fraction of sp³-hybridized carbons (Fsp3) is 0.556. The van der Waals surface area contributed by atoms with Gasteiger partial charge >= 0.3 is 0 Å². The molecule has 0 unspecified atom stereocenters. The average Bonchev–Trinajstić information content (AvgIpc) is 2.90. The zero-order valence-corrected chi connectivity index (χ0v) is 14.5. The number of ether oxygens (including phenoxy) is 1. The highest BCUT2D eigenvalue weighted by Gasteiger charge is 2.46. The molecule has 2 saturated heterocycles. The quantitative estimate of drug-likeness (QED) is 0.647. The van der Waals surface area contributed by atoms with E-state index in [0.717, 1.165) is 32.7 Å². The van der Waals surface area contributed by atoms with Crippen molar-refractivity contribution in [2.75, 3.05) is 44.2 Å². The molecule has 1 aromatic carbocycles. The first-order valence-corrected chi connectivity index (χ1v) is 8.91. The van der Waals surface area contributed by atoms with Crippen LogP contribution < -0.4 is 19.4 Å². The predicted octanol–water partition coefficient (Wildman–Crippen LogP) is -1.48. The molecule has 0 aliphatic carbocycles. The molecule has 6 nitrogen and oxygen atoms in total. The molecule has 2 amide bonds. The summed E-state index contributed by atoms with van der Waals surface area (Å²) in [6.45, 7) is 9.85. The Morgan fingerprint density at radius 2 is 1.92 bits per heavy atom. The molecule has 0 bridgehead atoms. The number of rotatable bonds is 5. The van der Waals surface area contributed by atoms with Gasteiger partial charge in [0.2, 0.25) is 5.91 Å². The third-order valence-corrected chi connectivity index (χ3v) is 5.13. The van der Waals surface area contributed by atoms with Crippen LogP contribution in [0, 0.1) is 0 Å². The van der Waals surface area contributed by atoms with Crippen molar-refractivity contribution >= 4 is 17.5 Å². The summed E-state index contributed by atoms with van der Waals surface area (Å²) >= 11 is 0. The molecule has 2 aliphatic heterocycles. The molecule has 0 saturated carbocycles. The number of amides is 2. The van der Waals surface area contributed by atoms with Crippen LogP contribution in [-0.2, 0) is 9.59 Å². The van der Waals surface area contributed by atoms with E-state index in [0.29, 0.717) is 24.5 Å². The molecule has 1 atom stereocenters. The first-order chi connectivity index (χ1) is 11.6. The van der Waals surface area contributed by atoms with Gasteiger partial charge in [0.05, 0.1) is 25.3 Å². The second-order valence-corrected chi connectivity index (χ2v) is 6.52. The van der Waals surface area contributed by atoms with Crippen LogP contribution in [0.3, 0.4) is 0 Å². The summed E-state index contributed by atoms with van der Waals surface area (Å²) in [5.74, 6) is 0.520. The minimum Gasteiger partial charge on any atom is -0.494 e. The van der Waals surface area contributed by atoms with E-state index in [-0.39, 0.29) is 17.9 Å². The van der Waals surface area contributed by atoms with Gasteiger partial charge in [-0.2, -0.15) is 0 Å². The molecule has 0 spiro atoms. The maximum absolute atomic E-state index is 12.9. The number of hydrogen-bond donors (Lipinski definition) is 2. The highest BCUT2D eigenvalue weighted by Crippen LogP contribution is 2.25. The van der Waals surface area contributed by atoms with Crippen molar-refractivity contribution in [1.29, 1.82) is 0 Å². The number of anilines is 1. The zero-order valence-electron chi connectivity index (χ0n) is 14.5. The van der Waals surface area contributed by atoms with Crippen LogP contribution in [0.2, 0.25) is 0 Å². The Morgan fingerprint density at radius 3 is 2.58 bits per heavy atom. The second-order valence-electron chi connectivity index (χ2n) is 6.52. The summed E-state index contributed by atoms with van der Waals surface area (Å²) in [6, 6.07) is 7.01. The summed E-state index contributed by atoms with van der Waals surface area (Å²) in [5.41, 5.74) is 0.621. The van der Waals surface area contributed by atoms with Crippen LogP contribution in [0.15, 0.2) is 24.3 Å². The molecule has 0 aromatic heterocycles. The molecule has 2 fully saturated rings. The van der Waals surface area contributed by atoms with E-state index in [1.54, 1.807) is 17.0 Å². The van der Waals surface area contributed by atoms with Crippen molar-refractivity contribution in [1.82, 2.24) is 0 Å². The van der Waals surface area contributed by atoms with Gasteiger partial charge in [0, 0.05) is 6.07 Å². The Labute approximate surface area is 143 Å². The lowest BCUT2D eigenvalue weighted by Crippen LogP contribution is -3.29. The Kier molecular flexibility index (Phi) is 5.16. The molecule has 24 heavy (non-hydrogen) atoms.